The van der Waals surface area contributed by atoms with Gasteiger partial charge in [0.2, 0.25) is 10.0 Å². The van der Waals surface area contributed by atoms with Gasteiger partial charge in [0.15, 0.2) is 0 Å². The molecule has 0 unspecified atom stereocenters. The summed E-state index contributed by atoms with van der Waals surface area (Å²) < 4.78 is 26.4. The van der Waals surface area contributed by atoms with Crippen molar-refractivity contribution in [3.63, 3.8) is 0 Å². The number of aryl methyl sites for hydroxylation is 1. The van der Waals surface area contributed by atoms with Gasteiger partial charge in [0.1, 0.15) is 0 Å². The number of piperidine rings is 1. The fraction of sp³-hybridized carbons (Fsp3) is 0.444. The van der Waals surface area contributed by atoms with E-state index in [1.54, 1.807) is 4.68 Å². The molecular formula is C18H24N4O3S. The maximum Gasteiger partial charge on any atom is 0.255 e. The summed E-state index contributed by atoms with van der Waals surface area (Å²) in [5.74, 6) is -0.153. The molecule has 0 spiro atoms. The standard InChI is InChI=1S/C18H24N4O3S/c1-13-17(14(2)22(20-13)16-7-5-4-6-8-16)18(23)19-15-9-11-21(12-10-15)26(3,24)25/h4-8,15H,9-12H2,1-3H3,(H,19,23). The normalized spacial score (nSPS) is 16.6. The van der Waals surface area contributed by atoms with E-state index in [0.717, 1.165) is 11.4 Å². The van der Waals surface area contributed by atoms with Crippen LogP contribution < -0.4 is 5.32 Å². The number of rotatable bonds is 4. The Balaban J connectivity index is 1.73. The number of aromatic nitrogens is 2. The quantitative estimate of drug-likeness (QED) is 0.879. The van der Waals surface area contributed by atoms with E-state index in [4.69, 9.17) is 0 Å². The lowest BCUT2D eigenvalue weighted by molar-refractivity contribution is 0.0922. The van der Waals surface area contributed by atoms with E-state index in [1.807, 2.05) is 44.2 Å². The summed E-state index contributed by atoms with van der Waals surface area (Å²) in [5, 5.41) is 7.55. The predicted molar refractivity (Wildman–Crippen MR) is 99.9 cm³/mol. The van der Waals surface area contributed by atoms with Crippen LogP contribution in [0.15, 0.2) is 30.3 Å². The van der Waals surface area contributed by atoms with Crippen LogP contribution in [-0.2, 0) is 10.0 Å². The van der Waals surface area contributed by atoms with Crippen LogP contribution in [0.5, 0.6) is 0 Å². The third-order valence-corrected chi connectivity index (χ3v) is 6.08. The number of para-hydroxylation sites is 1. The van der Waals surface area contributed by atoms with Gasteiger partial charge in [-0.05, 0) is 38.8 Å². The number of amides is 1. The fourth-order valence-corrected chi connectivity index (χ4v) is 4.26. The molecular weight excluding hydrogens is 352 g/mol. The Hall–Kier alpha value is -2.19. The van der Waals surface area contributed by atoms with Crippen LogP contribution in [0.25, 0.3) is 5.69 Å². The predicted octanol–water partition coefficient (Wildman–Crippen LogP) is 1.64. The minimum Gasteiger partial charge on any atom is -0.349 e. The Kier molecular flexibility index (Phi) is 5.15. The SMILES string of the molecule is Cc1nn(-c2ccccc2)c(C)c1C(=O)NC1CCN(S(C)(=O)=O)CC1. The Morgan fingerprint density at radius 2 is 1.77 bits per heavy atom. The summed E-state index contributed by atoms with van der Waals surface area (Å²) in [5.41, 5.74) is 2.96. The van der Waals surface area contributed by atoms with E-state index in [0.29, 0.717) is 37.2 Å². The van der Waals surface area contributed by atoms with E-state index in [2.05, 4.69) is 10.4 Å². The number of hydrogen-bond donors (Lipinski definition) is 1. The summed E-state index contributed by atoms with van der Waals surface area (Å²) >= 11 is 0. The van der Waals surface area contributed by atoms with Crippen LogP contribution in [0.4, 0.5) is 0 Å². The smallest absolute Gasteiger partial charge is 0.255 e. The fourth-order valence-electron chi connectivity index (χ4n) is 3.38. The van der Waals surface area contributed by atoms with Crippen LogP contribution >= 0.6 is 0 Å². The molecule has 8 heteroatoms. The molecule has 1 saturated heterocycles. The molecule has 1 fully saturated rings. The maximum atomic E-state index is 12.8. The van der Waals surface area contributed by atoms with Crippen LogP contribution in [0, 0.1) is 13.8 Å². The van der Waals surface area contributed by atoms with Gasteiger partial charge in [0.05, 0.1) is 28.9 Å². The maximum absolute atomic E-state index is 12.8. The molecule has 1 aliphatic heterocycles. The van der Waals surface area contributed by atoms with Crippen LogP contribution in [0.3, 0.4) is 0 Å². The summed E-state index contributed by atoms with van der Waals surface area (Å²) in [4.78, 5) is 12.8. The number of benzene rings is 1. The van der Waals surface area contributed by atoms with Crippen molar-refractivity contribution in [2.45, 2.75) is 32.7 Å². The van der Waals surface area contributed by atoms with Gasteiger partial charge < -0.3 is 5.32 Å². The Bertz CT molecular complexity index is 898. The zero-order valence-electron chi connectivity index (χ0n) is 15.3. The molecule has 1 aliphatic rings. The molecule has 0 radical (unpaired) electrons. The Morgan fingerprint density at radius 1 is 1.15 bits per heavy atom. The minimum absolute atomic E-state index is 0.0284. The molecule has 140 valence electrons. The molecule has 0 bridgehead atoms. The first-order chi connectivity index (χ1) is 12.3. The van der Waals surface area contributed by atoms with Crippen molar-refractivity contribution in [3.8, 4) is 5.69 Å². The number of hydrogen-bond acceptors (Lipinski definition) is 4. The lowest BCUT2D eigenvalue weighted by Crippen LogP contribution is -2.46. The minimum atomic E-state index is -3.16. The van der Waals surface area contributed by atoms with Crippen molar-refractivity contribution in [1.29, 1.82) is 0 Å². The van der Waals surface area contributed by atoms with E-state index in [1.165, 1.54) is 10.6 Å². The first-order valence-electron chi connectivity index (χ1n) is 8.65. The molecule has 1 N–H and O–H groups in total. The van der Waals surface area contributed by atoms with Crippen molar-refractivity contribution in [2.24, 2.45) is 0 Å². The third-order valence-electron chi connectivity index (χ3n) is 4.78. The van der Waals surface area contributed by atoms with Gasteiger partial charge in [0, 0.05) is 19.1 Å². The van der Waals surface area contributed by atoms with E-state index in [-0.39, 0.29) is 11.9 Å². The van der Waals surface area contributed by atoms with Crippen molar-refractivity contribution in [3.05, 3.63) is 47.3 Å². The monoisotopic (exact) mass is 376 g/mol. The highest BCUT2D eigenvalue weighted by atomic mass is 32.2. The first-order valence-corrected chi connectivity index (χ1v) is 10.5. The highest BCUT2D eigenvalue weighted by Crippen LogP contribution is 2.19. The van der Waals surface area contributed by atoms with E-state index in [9.17, 15) is 13.2 Å². The largest absolute Gasteiger partial charge is 0.349 e. The van der Waals surface area contributed by atoms with Gasteiger partial charge in [-0.15, -0.1) is 0 Å². The lowest BCUT2D eigenvalue weighted by atomic mass is 10.1. The molecule has 2 heterocycles. The lowest BCUT2D eigenvalue weighted by Gasteiger charge is -2.30. The Labute approximate surface area is 154 Å². The summed E-state index contributed by atoms with van der Waals surface area (Å²) in [6, 6.07) is 9.66. The second-order valence-corrected chi connectivity index (χ2v) is 8.69. The molecule has 3 rings (SSSR count). The molecule has 1 aromatic heterocycles. The number of carbonyl (C=O) groups is 1. The number of nitrogens with zero attached hydrogens (tertiary/aromatic N) is 3. The number of carbonyl (C=O) groups excluding carboxylic acids is 1. The summed E-state index contributed by atoms with van der Waals surface area (Å²) in [6.07, 6.45) is 2.45. The molecule has 2 aromatic rings. The Morgan fingerprint density at radius 3 is 2.35 bits per heavy atom. The molecule has 26 heavy (non-hydrogen) atoms. The van der Waals surface area contributed by atoms with Crippen LogP contribution in [-0.4, -0.2) is 53.8 Å². The van der Waals surface area contributed by atoms with Crippen molar-refractivity contribution < 1.29 is 13.2 Å². The van der Waals surface area contributed by atoms with Crippen LogP contribution in [0.2, 0.25) is 0 Å². The second kappa shape index (κ2) is 7.20. The molecule has 7 nitrogen and oxygen atoms in total. The first kappa shape index (κ1) is 18.6. The van der Waals surface area contributed by atoms with Crippen molar-refractivity contribution in [2.75, 3.05) is 19.3 Å². The zero-order valence-corrected chi connectivity index (χ0v) is 16.1. The molecule has 0 saturated carbocycles. The highest BCUT2D eigenvalue weighted by Gasteiger charge is 2.27. The van der Waals surface area contributed by atoms with Gasteiger partial charge in [0.25, 0.3) is 5.91 Å². The molecule has 1 aromatic carbocycles. The number of nitrogens with one attached hydrogen (secondary N) is 1. The van der Waals surface area contributed by atoms with Crippen molar-refractivity contribution >= 4 is 15.9 Å². The molecule has 0 aliphatic carbocycles. The number of sulfonamides is 1. The zero-order chi connectivity index (χ0) is 18.9. The van der Waals surface area contributed by atoms with E-state index < -0.39 is 10.0 Å². The van der Waals surface area contributed by atoms with Gasteiger partial charge in [-0.25, -0.2) is 17.4 Å². The molecule has 1 amide bonds. The summed E-state index contributed by atoms with van der Waals surface area (Å²) in [7, 11) is -3.16. The van der Waals surface area contributed by atoms with Gasteiger partial charge in [-0.1, -0.05) is 18.2 Å². The second-order valence-electron chi connectivity index (χ2n) is 6.70. The average molecular weight is 376 g/mol. The van der Waals surface area contributed by atoms with Crippen molar-refractivity contribution in [1.82, 2.24) is 19.4 Å². The topological polar surface area (TPSA) is 84.3 Å². The van der Waals surface area contributed by atoms with E-state index >= 15 is 0 Å². The van der Waals surface area contributed by atoms with Gasteiger partial charge >= 0.3 is 0 Å². The average Bonchev–Trinajstić information content (AvgIpc) is 2.90. The third kappa shape index (κ3) is 3.81. The van der Waals surface area contributed by atoms with Crippen LogP contribution in [0.1, 0.15) is 34.6 Å². The summed E-state index contributed by atoms with van der Waals surface area (Å²) in [6.45, 7) is 4.58. The molecule has 0 atom stereocenters. The van der Waals surface area contributed by atoms with Gasteiger partial charge in [-0.2, -0.15) is 5.10 Å². The highest BCUT2D eigenvalue weighted by molar-refractivity contribution is 7.88. The van der Waals surface area contributed by atoms with Gasteiger partial charge in [-0.3, -0.25) is 4.79 Å².